The highest BCUT2D eigenvalue weighted by Crippen LogP contribution is 2.20. The SMILES string of the molecule is O=C(CCl)NCc1csc(-c2ccccn2)n1. The second-order valence-electron chi connectivity index (χ2n) is 3.27. The third-order valence-electron chi connectivity index (χ3n) is 2.02. The molecule has 4 nitrogen and oxygen atoms in total. The predicted molar refractivity (Wildman–Crippen MR) is 67.9 cm³/mol. The van der Waals surface area contributed by atoms with E-state index in [1.807, 2.05) is 23.6 Å². The molecule has 2 heterocycles. The molecule has 0 aromatic carbocycles. The molecule has 0 aliphatic rings. The van der Waals surface area contributed by atoms with E-state index in [2.05, 4.69) is 15.3 Å². The maximum atomic E-state index is 11.0. The molecule has 0 aliphatic carbocycles. The van der Waals surface area contributed by atoms with E-state index >= 15 is 0 Å². The van der Waals surface area contributed by atoms with Gasteiger partial charge in [0.05, 0.1) is 17.9 Å². The first-order valence-corrected chi connectivity index (χ1v) is 6.39. The van der Waals surface area contributed by atoms with Gasteiger partial charge in [0.15, 0.2) is 0 Å². The smallest absolute Gasteiger partial charge is 0.235 e. The van der Waals surface area contributed by atoms with Gasteiger partial charge in [-0.05, 0) is 12.1 Å². The average molecular weight is 268 g/mol. The van der Waals surface area contributed by atoms with Crippen LogP contribution in [0.4, 0.5) is 0 Å². The van der Waals surface area contributed by atoms with Crippen molar-refractivity contribution in [1.82, 2.24) is 15.3 Å². The largest absolute Gasteiger partial charge is 0.349 e. The zero-order chi connectivity index (χ0) is 12.1. The summed E-state index contributed by atoms with van der Waals surface area (Å²) in [5.74, 6) is -0.226. The number of aromatic nitrogens is 2. The highest BCUT2D eigenvalue weighted by atomic mass is 35.5. The molecule has 2 aromatic heterocycles. The van der Waals surface area contributed by atoms with Gasteiger partial charge in [0.1, 0.15) is 10.9 Å². The van der Waals surface area contributed by atoms with E-state index in [0.717, 1.165) is 16.4 Å². The molecule has 0 aliphatic heterocycles. The summed E-state index contributed by atoms with van der Waals surface area (Å²) in [5.41, 5.74) is 1.65. The van der Waals surface area contributed by atoms with Crippen LogP contribution < -0.4 is 5.32 Å². The van der Waals surface area contributed by atoms with E-state index in [0.29, 0.717) is 6.54 Å². The number of nitrogens with zero attached hydrogens (tertiary/aromatic N) is 2. The Hall–Kier alpha value is -1.46. The lowest BCUT2D eigenvalue weighted by Crippen LogP contribution is -2.23. The second kappa shape index (κ2) is 5.75. The van der Waals surface area contributed by atoms with Crippen LogP contribution in [0, 0.1) is 0 Å². The van der Waals surface area contributed by atoms with E-state index in [4.69, 9.17) is 11.6 Å². The van der Waals surface area contributed by atoms with Crippen molar-refractivity contribution < 1.29 is 4.79 Å². The Morgan fingerprint density at radius 1 is 1.47 bits per heavy atom. The number of hydrogen-bond donors (Lipinski definition) is 1. The summed E-state index contributed by atoms with van der Waals surface area (Å²) in [6, 6.07) is 5.68. The number of nitrogens with one attached hydrogen (secondary N) is 1. The van der Waals surface area contributed by atoms with Crippen LogP contribution in [-0.2, 0) is 11.3 Å². The van der Waals surface area contributed by atoms with Gasteiger partial charge in [0.2, 0.25) is 5.91 Å². The van der Waals surface area contributed by atoms with Crippen molar-refractivity contribution in [1.29, 1.82) is 0 Å². The maximum absolute atomic E-state index is 11.0. The van der Waals surface area contributed by atoms with Crippen LogP contribution >= 0.6 is 22.9 Å². The predicted octanol–water partition coefficient (Wildman–Crippen LogP) is 2.06. The molecule has 0 fully saturated rings. The molecule has 0 saturated carbocycles. The summed E-state index contributed by atoms with van der Waals surface area (Å²) in [5, 5.41) is 5.42. The van der Waals surface area contributed by atoms with Crippen molar-refractivity contribution in [3.8, 4) is 10.7 Å². The molecule has 2 rings (SSSR count). The summed E-state index contributed by atoms with van der Waals surface area (Å²) < 4.78 is 0. The minimum Gasteiger partial charge on any atom is -0.349 e. The number of amides is 1. The molecule has 0 atom stereocenters. The molecule has 0 bridgehead atoms. The summed E-state index contributed by atoms with van der Waals surface area (Å²) >= 11 is 6.88. The van der Waals surface area contributed by atoms with Crippen molar-refractivity contribution >= 4 is 28.8 Å². The van der Waals surface area contributed by atoms with Gasteiger partial charge < -0.3 is 5.32 Å². The van der Waals surface area contributed by atoms with Gasteiger partial charge in [0.25, 0.3) is 0 Å². The normalized spacial score (nSPS) is 10.2. The Morgan fingerprint density at radius 2 is 2.35 bits per heavy atom. The van der Waals surface area contributed by atoms with Gasteiger partial charge >= 0.3 is 0 Å². The Balaban J connectivity index is 2.04. The van der Waals surface area contributed by atoms with Gasteiger partial charge in [-0.1, -0.05) is 6.07 Å². The van der Waals surface area contributed by atoms with Crippen molar-refractivity contribution in [2.24, 2.45) is 0 Å². The van der Waals surface area contributed by atoms with Crippen molar-refractivity contribution in [3.05, 3.63) is 35.5 Å². The fraction of sp³-hybridized carbons (Fsp3) is 0.182. The number of carbonyl (C=O) groups is 1. The van der Waals surface area contributed by atoms with Crippen molar-refractivity contribution in [3.63, 3.8) is 0 Å². The number of hydrogen-bond acceptors (Lipinski definition) is 4. The molecule has 0 saturated heterocycles. The average Bonchev–Trinajstić information content (AvgIpc) is 2.86. The van der Waals surface area contributed by atoms with Gasteiger partial charge in [0, 0.05) is 11.6 Å². The molecule has 0 radical (unpaired) electrons. The van der Waals surface area contributed by atoms with Crippen LogP contribution in [0.3, 0.4) is 0 Å². The number of alkyl halides is 1. The van der Waals surface area contributed by atoms with Gasteiger partial charge in [-0.2, -0.15) is 0 Å². The first-order chi connectivity index (χ1) is 8.29. The fourth-order valence-corrected chi connectivity index (χ4v) is 2.12. The molecule has 17 heavy (non-hydrogen) atoms. The molecule has 0 spiro atoms. The summed E-state index contributed by atoms with van der Waals surface area (Å²) in [6.07, 6.45) is 1.73. The van der Waals surface area contributed by atoms with Gasteiger partial charge in [-0.25, -0.2) is 4.98 Å². The third kappa shape index (κ3) is 3.25. The minimum atomic E-state index is -0.195. The lowest BCUT2D eigenvalue weighted by molar-refractivity contribution is -0.118. The van der Waals surface area contributed by atoms with E-state index < -0.39 is 0 Å². The molecular formula is C11H10ClN3OS. The molecule has 0 unspecified atom stereocenters. The van der Waals surface area contributed by atoms with Crippen LogP contribution in [0.1, 0.15) is 5.69 Å². The standard InChI is InChI=1S/C11H10ClN3OS/c12-5-10(16)14-6-8-7-17-11(15-8)9-3-1-2-4-13-9/h1-4,7H,5-6H2,(H,14,16). The van der Waals surface area contributed by atoms with Crippen LogP contribution in [-0.4, -0.2) is 21.8 Å². The first-order valence-electron chi connectivity index (χ1n) is 4.98. The topological polar surface area (TPSA) is 54.9 Å². The van der Waals surface area contributed by atoms with Crippen molar-refractivity contribution in [2.45, 2.75) is 6.54 Å². The van der Waals surface area contributed by atoms with Gasteiger partial charge in [-0.3, -0.25) is 9.78 Å². The van der Waals surface area contributed by atoms with Crippen LogP contribution in [0.15, 0.2) is 29.8 Å². The Labute approximate surface area is 108 Å². The van der Waals surface area contributed by atoms with Gasteiger partial charge in [-0.15, -0.1) is 22.9 Å². The molecule has 2 aromatic rings. The quantitative estimate of drug-likeness (QED) is 0.863. The van der Waals surface area contributed by atoms with Crippen LogP contribution in [0.2, 0.25) is 0 Å². The van der Waals surface area contributed by atoms with E-state index in [9.17, 15) is 4.79 Å². The Bertz CT molecular complexity index is 500. The zero-order valence-corrected chi connectivity index (χ0v) is 10.5. The molecular weight excluding hydrogens is 258 g/mol. The highest BCUT2D eigenvalue weighted by molar-refractivity contribution is 7.13. The second-order valence-corrected chi connectivity index (χ2v) is 4.39. The van der Waals surface area contributed by atoms with Crippen molar-refractivity contribution in [2.75, 3.05) is 5.88 Å². The zero-order valence-electron chi connectivity index (χ0n) is 8.89. The maximum Gasteiger partial charge on any atom is 0.235 e. The number of rotatable bonds is 4. The number of carbonyl (C=O) groups excluding carboxylic acids is 1. The first kappa shape index (κ1) is 12.0. The molecule has 6 heteroatoms. The minimum absolute atomic E-state index is 0.0305. The Kier molecular flexibility index (Phi) is 4.06. The van der Waals surface area contributed by atoms with E-state index in [1.165, 1.54) is 11.3 Å². The van der Waals surface area contributed by atoms with E-state index in [-0.39, 0.29) is 11.8 Å². The molecule has 1 N–H and O–H groups in total. The van der Waals surface area contributed by atoms with Crippen LogP contribution in [0.25, 0.3) is 10.7 Å². The van der Waals surface area contributed by atoms with E-state index in [1.54, 1.807) is 6.20 Å². The fourth-order valence-electron chi connectivity index (χ4n) is 1.23. The lowest BCUT2D eigenvalue weighted by Gasteiger charge is -1.98. The molecule has 1 amide bonds. The highest BCUT2D eigenvalue weighted by Gasteiger charge is 2.06. The number of thiazole rings is 1. The monoisotopic (exact) mass is 267 g/mol. The molecule has 88 valence electrons. The summed E-state index contributed by atoms with van der Waals surface area (Å²) in [4.78, 5) is 19.6. The third-order valence-corrected chi connectivity index (χ3v) is 3.18. The summed E-state index contributed by atoms with van der Waals surface area (Å²) in [7, 11) is 0. The number of halogens is 1. The Morgan fingerprint density at radius 3 is 3.06 bits per heavy atom. The number of pyridine rings is 1. The lowest BCUT2D eigenvalue weighted by atomic mass is 10.3. The van der Waals surface area contributed by atoms with Crippen LogP contribution in [0.5, 0.6) is 0 Å². The summed E-state index contributed by atoms with van der Waals surface area (Å²) in [6.45, 7) is 0.398.